The number of ether oxygens (including phenoxy) is 1. The van der Waals surface area contributed by atoms with Gasteiger partial charge in [0.05, 0.1) is 29.5 Å². The molecule has 0 unspecified atom stereocenters. The number of carbonyl (C=O) groups excluding carboxylic acids is 2. The molecule has 0 aliphatic carbocycles. The fourth-order valence-electron chi connectivity index (χ4n) is 3.81. The number of aromatic nitrogens is 2. The van der Waals surface area contributed by atoms with Crippen molar-refractivity contribution in [3.05, 3.63) is 99.7 Å². The van der Waals surface area contributed by atoms with Crippen molar-refractivity contribution in [2.75, 3.05) is 5.32 Å². The normalized spacial score (nSPS) is 10.9. The first-order valence-electron chi connectivity index (χ1n) is 11.4. The molecule has 0 aliphatic rings. The maximum absolute atomic E-state index is 13.0. The van der Waals surface area contributed by atoms with E-state index in [1.165, 1.54) is 11.3 Å². The van der Waals surface area contributed by atoms with Gasteiger partial charge in [-0.05, 0) is 55.3 Å². The van der Waals surface area contributed by atoms with Gasteiger partial charge >= 0.3 is 5.97 Å². The first-order valence-corrected chi connectivity index (χ1v) is 12.3. The summed E-state index contributed by atoms with van der Waals surface area (Å²) in [5.74, 6) is -0.0583. The lowest BCUT2D eigenvalue weighted by Crippen LogP contribution is -2.15. The van der Waals surface area contributed by atoms with Crippen LogP contribution < -0.4 is 5.32 Å². The van der Waals surface area contributed by atoms with Crippen LogP contribution in [0, 0.1) is 13.8 Å². The van der Waals surface area contributed by atoms with E-state index in [9.17, 15) is 9.59 Å². The van der Waals surface area contributed by atoms with E-state index in [0.717, 1.165) is 16.8 Å². The molecule has 0 atom stereocenters. The molecule has 3 heterocycles. The highest BCUT2D eigenvalue weighted by Gasteiger charge is 2.17. The summed E-state index contributed by atoms with van der Waals surface area (Å²) in [6.07, 6.45) is 1.71. The number of rotatable bonds is 7. The van der Waals surface area contributed by atoms with Gasteiger partial charge in [-0.2, -0.15) is 0 Å². The zero-order valence-electron chi connectivity index (χ0n) is 19.8. The number of amides is 1. The molecule has 8 heteroatoms. The van der Waals surface area contributed by atoms with E-state index in [4.69, 9.17) is 9.15 Å². The summed E-state index contributed by atoms with van der Waals surface area (Å²) in [5, 5.41) is 6.09. The van der Waals surface area contributed by atoms with Gasteiger partial charge in [0.1, 0.15) is 17.3 Å². The molecule has 36 heavy (non-hydrogen) atoms. The van der Waals surface area contributed by atoms with Gasteiger partial charge in [0.15, 0.2) is 5.76 Å². The van der Waals surface area contributed by atoms with Crippen LogP contribution in [0.15, 0.2) is 76.7 Å². The topological polar surface area (TPSA) is 94.3 Å². The highest BCUT2D eigenvalue weighted by atomic mass is 32.1. The fraction of sp³-hybridized carbons (Fsp3) is 0.143. The predicted molar refractivity (Wildman–Crippen MR) is 139 cm³/mol. The monoisotopic (exact) mass is 497 g/mol. The molecule has 1 N–H and O–H groups in total. The van der Waals surface area contributed by atoms with Crippen molar-refractivity contribution in [3.8, 4) is 11.5 Å². The average molecular weight is 498 g/mol. The van der Waals surface area contributed by atoms with Crippen LogP contribution in [-0.4, -0.2) is 21.8 Å². The molecule has 5 rings (SSSR count). The Hall–Kier alpha value is -4.30. The number of para-hydroxylation sites is 1. The first kappa shape index (κ1) is 23.4. The molecular formula is C28H23N3O4S. The highest BCUT2D eigenvalue weighted by molar-refractivity contribution is 7.09. The molecule has 2 aromatic carbocycles. The van der Waals surface area contributed by atoms with Crippen molar-refractivity contribution < 1.29 is 18.7 Å². The third kappa shape index (κ3) is 5.18. The number of hydrogen-bond donors (Lipinski definition) is 1. The largest absolute Gasteiger partial charge is 0.463 e. The van der Waals surface area contributed by atoms with Crippen molar-refractivity contribution in [1.29, 1.82) is 0 Å². The van der Waals surface area contributed by atoms with Gasteiger partial charge < -0.3 is 14.5 Å². The summed E-state index contributed by atoms with van der Waals surface area (Å²) in [6, 6.07) is 18.6. The SMILES string of the molecule is Cc1ccc(C)c(NC(=O)Cc2nc(COC(=O)c3cc(-c4ccco4)nc4ccccc34)cs2)c1. The number of fused-ring (bicyclic) bond motifs is 1. The quantitative estimate of drug-likeness (QED) is 0.273. The van der Waals surface area contributed by atoms with Crippen LogP contribution in [0.5, 0.6) is 0 Å². The minimum Gasteiger partial charge on any atom is -0.463 e. The Morgan fingerprint density at radius 1 is 1.03 bits per heavy atom. The van der Waals surface area contributed by atoms with E-state index in [-0.39, 0.29) is 18.9 Å². The number of carbonyl (C=O) groups is 2. The van der Waals surface area contributed by atoms with Crippen molar-refractivity contribution in [3.63, 3.8) is 0 Å². The molecule has 0 saturated heterocycles. The number of anilines is 1. The maximum Gasteiger partial charge on any atom is 0.339 e. The van der Waals surface area contributed by atoms with Gasteiger partial charge in [0.2, 0.25) is 5.91 Å². The van der Waals surface area contributed by atoms with E-state index >= 15 is 0 Å². The molecule has 3 aromatic heterocycles. The Labute approximate surface area is 211 Å². The molecule has 0 spiro atoms. The first-order chi connectivity index (χ1) is 17.5. The minimum atomic E-state index is -0.483. The van der Waals surface area contributed by atoms with Crippen LogP contribution in [0.25, 0.3) is 22.4 Å². The predicted octanol–water partition coefficient (Wildman–Crippen LogP) is 6.11. The second kappa shape index (κ2) is 10.1. The molecule has 180 valence electrons. The van der Waals surface area contributed by atoms with Gasteiger partial charge in [0.25, 0.3) is 0 Å². The summed E-state index contributed by atoms with van der Waals surface area (Å²) in [7, 11) is 0. The number of nitrogens with zero attached hydrogens (tertiary/aromatic N) is 2. The van der Waals surface area contributed by atoms with Crippen molar-refractivity contribution >= 4 is 39.8 Å². The highest BCUT2D eigenvalue weighted by Crippen LogP contribution is 2.26. The Balaban J connectivity index is 1.26. The van der Waals surface area contributed by atoms with Crippen molar-refractivity contribution in [2.45, 2.75) is 26.9 Å². The lowest BCUT2D eigenvalue weighted by molar-refractivity contribution is -0.115. The van der Waals surface area contributed by atoms with E-state index in [1.54, 1.807) is 29.8 Å². The number of furan rings is 1. The summed E-state index contributed by atoms with van der Waals surface area (Å²) in [5.41, 5.74) is 5.08. The number of aryl methyl sites for hydroxylation is 2. The number of pyridine rings is 1. The smallest absolute Gasteiger partial charge is 0.339 e. The van der Waals surface area contributed by atoms with Gasteiger partial charge in [-0.3, -0.25) is 4.79 Å². The van der Waals surface area contributed by atoms with Gasteiger partial charge in [-0.15, -0.1) is 11.3 Å². The van der Waals surface area contributed by atoms with Crippen LogP contribution in [-0.2, 0) is 22.6 Å². The zero-order chi connectivity index (χ0) is 25.1. The molecule has 5 aromatic rings. The van der Waals surface area contributed by atoms with Crippen LogP contribution in [0.3, 0.4) is 0 Å². The lowest BCUT2D eigenvalue weighted by atomic mass is 10.1. The lowest BCUT2D eigenvalue weighted by Gasteiger charge is -2.09. The van der Waals surface area contributed by atoms with Gasteiger partial charge in [-0.25, -0.2) is 14.8 Å². The molecule has 0 aliphatic heterocycles. The Kier molecular flexibility index (Phi) is 6.60. The van der Waals surface area contributed by atoms with Crippen LogP contribution >= 0.6 is 11.3 Å². The summed E-state index contributed by atoms with van der Waals surface area (Å²) >= 11 is 1.36. The van der Waals surface area contributed by atoms with E-state index in [1.807, 2.05) is 56.3 Å². The summed E-state index contributed by atoms with van der Waals surface area (Å²) in [6.45, 7) is 3.94. The summed E-state index contributed by atoms with van der Waals surface area (Å²) in [4.78, 5) is 34.6. The van der Waals surface area contributed by atoms with E-state index in [2.05, 4.69) is 15.3 Å². The molecule has 0 saturated carbocycles. The fourth-order valence-corrected chi connectivity index (χ4v) is 4.59. The van der Waals surface area contributed by atoms with Crippen LogP contribution in [0.2, 0.25) is 0 Å². The molecule has 7 nitrogen and oxygen atoms in total. The summed E-state index contributed by atoms with van der Waals surface area (Å²) < 4.78 is 11.0. The Bertz CT molecular complexity index is 1560. The molecule has 0 fully saturated rings. The molecule has 0 radical (unpaired) electrons. The van der Waals surface area contributed by atoms with Gasteiger partial charge in [-0.1, -0.05) is 30.3 Å². The van der Waals surface area contributed by atoms with Crippen LogP contribution in [0.4, 0.5) is 5.69 Å². The van der Waals surface area contributed by atoms with E-state index in [0.29, 0.717) is 38.6 Å². The third-order valence-corrected chi connectivity index (χ3v) is 6.54. The number of thiazole rings is 1. The third-order valence-electron chi connectivity index (χ3n) is 5.64. The van der Waals surface area contributed by atoms with Crippen molar-refractivity contribution in [1.82, 2.24) is 9.97 Å². The molecule has 1 amide bonds. The molecule has 0 bridgehead atoms. The average Bonchev–Trinajstić information content (AvgIpc) is 3.57. The number of benzene rings is 2. The number of hydrogen-bond acceptors (Lipinski definition) is 7. The standard InChI is InChI=1S/C28H23N3O4S/c1-17-9-10-18(2)23(12-17)31-26(32)14-27-29-19(16-36-27)15-35-28(33)21-13-24(25-8-5-11-34-25)30-22-7-4-3-6-20(21)22/h3-13,16H,14-15H2,1-2H3,(H,31,32). The zero-order valence-corrected chi connectivity index (χ0v) is 20.6. The number of nitrogens with one attached hydrogen (secondary N) is 1. The Morgan fingerprint density at radius 3 is 2.72 bits per heavy atom. The second-order valence-electron chi connectivity index (χ2n) is 8.40. The minimum absolute atomic E-state index is 0.000670. The van der Waals surface area contributed by atoms with Gasteiger partial charge in [0, 0.05) is 16.5 Å². The van der Waals surface area contributed by atoms with Crippen molar-refractivity contribution in [2.24, 2.45) is 0 Å². The number of esters is 1. The van der Waals surface area contributed by atoms with Crippen LogP contribution in [0.1, 0.15) is 32.2 Å². The second-order valence-corrected chi connectivity index (χ2v) is 9.34. The Morgan fingerprint density at radius 2 is 1.89 bits per heavy atom. The van der Waals surface area contributed by atoms with E-state index < -0.39 is 5.97 Å². The molecular weight excluding hydrogens is 474 g/mol. The maximum atomic E-state index is 13.0.